The lowest BCUT2D eigenvalue weighted by Crippen LogP contribution is -2.28. The largest absolute Gasteiger partial charge is 0.259 e. The molecule has 0 spiro atoms. The SMILES string of the molecule is CC(C)(C)[S@@](=O)C[C@H](Cc1cc(F)cc(F)c1)c1ncncc1Br. The fraction of sp³-hybridized carbons (Fsp3) is 0.412. The fourth-order valence-electron chi connectivity index (χ4n) is 2.30. The Morgan fingerprint density at radius 2 is 1.83 bits per heavy atom. The Morgan fingerprint density at radius 3 is 2.38 bits per heavy atom. The van der Waals surface area contributed by atoms with Crippen molar-refractivity contribution >= 4 is 26.7 Å². The average molecular weight is 417 g/mol. The van der Waals surface area contributed by atoms with Crippen LogP contribution in [0.25, 0.3) is 0 Å². The molecule has 2 aromatic rings. The Kier molecular flexibility index (Phi) is 6.20. The van der Waals surface area contributed by atoms with E-state index in [1.807, 2.05) is 20.8 Å². The van der Waals surface area contributed by atoms with Gasteiger partial charge in [-0.25, -0.2) is 18.7 Å². The molecule has 7 heteroatoms. The van der Waals surface area contributed by atoms with Crippen LogP contribution in [0.5, 0.6) is 0 Å². The molecular weight excluding hydrogens is 398 g/mol. The van der Waals surface area contributed by atoms with Crippen LogP contribution in [-0.4, -0.2) is 24.7 Å². The third-order valence-electron chi connectivity index (χ3n) is 3.52. The second kappa shape index (κ2) is 7.78. The molecule has 1 heterocycles. The number of benzene rings is 1. The van der Waals surface area contributed by atoms with E-state index >= 15 is 0 Å². The van der Waals surface area contributed by atoms with Gasteiger partial charge in [-0.1, -0.05) is 0 Å². The fourth-order valence-corrected chi connectivity index (χ4v) is 3.99. The molecule has 0 saturated carbocycles. The van der Waals surface area contributed by atoms with E-state index in [9.17, 15) is 13.0 Å². The maximum absolute atomic E-state index is 13.5. The maximum Gasteiger partial charge on any atom is 0.126 e. The molecule has 2 rings (SSSR count). The highest BCUT2D eigenvalue weighted by molar-refractivity contribution is 9.10. The zero-order valence-electron chi connectivity index (χ0n) is 13.7. The summed E-state index contributed by atoms with van der Waals surface area (Å²) in [4.78, 5) is 8.21. The minimum Gasteiger partial charge on any atom is -0.259 e. The number of rotatable bonds is 5. The number of aromatic nitrogens is 2. The average Bonchev–Trinajstić information content (AvgIpc) is 2.45. The Labute approximate surface area is 151 Å². The van der Waals surface area contributed by atoms with Gasteiger partial charge in [-0.15, -0.1) is 0 Å². The van der Waals surface area contributed by atoms with E-state index in [0.717, 1.165) is 6.07 Å². The van der Waals surface area contributed by atoms with Crippen LogP contribution in [0.4, 0.5) is 8.78 Å². The van der Waals surface area contributed by atoms with Crippen LogP contribution in [0.1, 0.15) is 37.9 Å². The Hall–Kier alpha value is -1.21. The molecule has 0 fully saturated rings. The molecule has 0 aliphatic carbocycles. The molecule has 1 aromatic carbocycles. The Balaban J connectivity index is 2.35. The predicted molar refractivity (Wildman–Crippen MR) is 95.3 cm³/mol. The standard InChI is InChI=1S/C17H19BrF2N2OS/c1-17(2,3)24(23)9-12(16-15(18)8-21-10-22-16)4-11-5-13(19)7-14(20)6-11/h5-8,10,12H,4,9H2,1-3H3/t12-,24-/m0/s1. The van der Waals surface area contributed by atoms with E-state index in [4.69, 9.17) is 0 Å². The quantitative estimate of drug-likeness (QED) is 0.725. The van der Waals surface area contributed by atoms with Crippen molar-refractivity contribution in [3.63, 3.8) is 0 Å². The molecule has 2 atom stereocenters. The van der Waals surface area contributed by atoms with Crippen LogP contribution in [0.2, 0.25) is 0 Å². The van der Waals surface area contributed by atoms with Crippen LogP contribution in [0.3, 0.4) is 0 Å². The summed E-state index contributed by atoms with van der Waals surface area (Å²) in [7, 11) is -1.13. The molecule has 0 amide bonds. The summed E-state index contributed by atoms with van der Waals surface area (Å²) in [6, 6.07) is 3.43. The van der Waals surface area contributed by atoms with Crippen molar-refractivity contribution in [2.24, 2.45) is 0 Å². The van der Waals surface area contributed by atoms with Gasteiger partial charge in [0, 0.05) is 39.5 Å². The van der Waals surface area contributed by atoms with Crippen molar-refractivity contribution < 1.29 is 13.0 Å². The first-order valence-electron chi connectivity index (χ1n) is 7.45. The summed E-state index contributed by atoms with van der Waals surface area (Å²) < 4.78 is 39.9. The first-order valence-corrected chi connectivity index (χ1v) is 9.57. The van der Waals surface area contributed by atoms with Gasteiger partial charge in [0.05, 0.1) is 10.2 Å². The molecule has 24 heavy (non-hydrogen) atoms. The summed E-state index contributed by atoms with van der Waals surface area (Å²) in [6.07, 6.45) is 3.37. The second-order valence-corrected chi connectivity index (χ2v) is 9.66. The van der Waals surface area contributed by atoms with Gasteiger partial charge in [-0.3, -0.25) is 4.21 Å². The van der Waals surface area contributed by atoms with Gasteiger partial charge < -0.3 is 0 Å². The topological polar surface area (TPSA) is 42.9 Å². The number of hydrogen-bond donors (Lipinski definition) is 0. The van der Waals surface area contributed by atoms with Gasteiger partial charge in [0.25, 0.3) is 0 Å². The highest BCUT2D eigenvalue weighted by Gasteiger charge is 2.26. The van der Waals surface area contributed by atoms with Gasteiger partial charge in [-0.2, -0.15) is 0 Å². The number of halogens is 3. The van der Waals surface area contributed by atoms with Crippen molar-refractivity contribution in [1.29, 1.82) is 0 Å². The Bertz CT molecular complexity index is 729. The van der Waals surface area contributed by atoms with E-state index in [0.29, 0.717) is 27.9 Å². The molecule has 0 radical (unpaired) electrons. The van der Waals surface area contributed by atoms with E-state index in [-0.39, 0.29) is 10.7 Å². The minimum atomic E-state index is -1.13. The molecule has 130 valence electrons. The van der Waals surface area contributed by atoms with Crippen molar-refractivity contribution in [1.82, 2.24) is 9.97 Å². The lowest BCUT2D eigenvalue weighted by atomic mass is 9.97. The van der Waals surface area contributed by atoms with Gasteiger partial charge in [0.2, 0.25) is 0 Å². The van der Waals surface area contributed by atoms with Crippen molar-refractivity contribution in [2.45, 2.75) is 37.9 Å². The number of nitrogens with zero attached hydrogens (tertiary/aromatic N) is 2. The summed E-state index contributed by atoms with van der Waals surface area (Å²) >= 11 is 3.41. The minimum absolute atomic E-state index is 0.247. The molecule has 0 N–H and O–H groups in total. The summed E-state index contributed by atoms with van der Waals surface area (Å²) in [5.41, 5.74) is 1.20. The molecular formula is C17H19BrF2N2OS. The molecule has 0 saturated heterocycles. The zero-order chi connectivity index (χ0) is 17.9. The van der Waals surface area contributed by atoms with Gasteiger partial charge in [0.1, 0.15) is 18.0 Å². The van der Waals surface area contributed by atoms with Crippen LogP contribution in [0.15, 0.2) is 35.2 Å². The summed E-state index contributed by atoms with van der Waals surface area (Å²) in [5, 5.41) is 0. The predicted octanol–water partition coefficient (Wildman–Crippen LogP) is 4.39. The lowest BCUT2D eigenvalue weighted by Gasteiger charge is -2.23. The zero-order valence-corrected chi connectivity index (χ0v) is 16.1. The van der Waals surface area contributed by atoms with Gasteiger partial charge in [-0.05, 0) is 60.8 Å². The van der Waals surface area contributed by atoms with E-state index in [1.165, 1.54) is 18.5 Å². The van der Waals surface area contributed by atoms with Crippen molar-refractivity contribution in [2.75, 3.05) is 5.75 Å². The lowest BCUT2D eigenvalue weighted by molar-refractivity contribution is 0.576. The van der Waals surface area contributed by atoms with Crippen molar-refractivity contribution in [3.8, 4) is 0 Å². The van der Waals surface area contributed by atoms with Crippen molar-refractivity contribution in [3.05, 3.63) is 58.1 Å². The first kappa shape index (κ1) is 19.1. The smallest absolute Gasteiger partial charge is 0.126 e. The Morgan fingerprint density at radius 1 is 1.21 bits per heavy atom. The second-order valence-electron chi connectivity index (χ2n) is 6.56. The monoisotopic (exact) mass is 416 g/mol. The van der Waals surface area contributed by atoms with Crippen LogP contribution >= 0.6 is 15.9 Å². The molecule has 0 aliphatic rings. The highest BCUT2D eigenvalue weighted by atomic mass is 79.9. The van der Waals surface area contributed by atoms with E-state index in [2.05, 4.69) is 25.9 Å². The van der Waals surface area contributed by atoms with Crippen LogP contribution in [0, 0.1) is 11.6 Å². The third-order valence-corrected chi connectivity index (χ3v) is 6.20. The van der Waals surface area contributed by atoms with Crippen LogP contribution < -0.4 is 0 Å². The van der Waals surface area contributed by atoms with E-state index < -0.39 is 22.4 Å². The molecule has 0 aliphatic heterocycles. The third kappa shape index (κ3) is 5.14. The first-order chi connectivity index (χ1) is 11.2. The van der Waals surface area contributed by atoms with Crippen LogP contribution in [-0.2, 0) is 17.2 Å². The summed E-state index contributed by atoms with van der Waals surface area (Å²) in [5.74, 6) is -1.15. The normalized spacial score (nSPS) is 14.4. The molecule has 3 nitrogen and oxygen atoms in total. The van der Waals surface area contributed by atoms with E-state index in [1.54, 1.807) is 6.20 Å². The maximum atomic E-state index is 13.5. The summed E-state index contributed by atoms with van der Waals surface area (Å²) in [6.45, 7) is 5.70. The highest BCUT2D eigenvalue weighted by Crippen LogP contribution is 2.29. The van der Waals surface area contributed by atoms with Gasteiger partial charge in [0.15, 0.2) is 0 Å². The molecule has 0 bridgehead atoms. The number of hydrogen-bond acceptors (Lipinski definition) is 3. The molecule has 1 aromatic heterocycles. The van der Waals surface area contributed by atoms with Gasteiger partial charge >= 0.3 is 0 Å². The molecule has 0 unspecified atom stereocenters.